The molecule has 2 fully saturated rings. The van der Waals surface area contributed by atoms with Crippen molar-refractivity contribution < 1.29 is 4.52 Å². The number of aryl methyl sites for hydroxylation is 1. The van der Waals surface area contributed by atoms with E-state index in [4.69, 9.17) is 9.51 Å². The largest absolute Gasteiger partial charge is 0.334 e. The molecule has 0 N–H and O–H groups in total. The van der Waals surface area contributed by atoms with Crippen molar-refractivity contribution in [3.8, 4) is 11.5 Å². The van der Waals surface area contributed by atoms with Crippen molar-refractivity contribution in [2.45, 2.75) is 51.6 Å². The number of aromatic nitrogens is 4. The minimum Gasteiger partial charge on any atom is -0.334 e. The molecule has 3 aromatic rings. The Balaban J connectivity index is 1.39. The Hall–Kier alpha value is -2.47. The first kappa shape index (κ1) is 17.6. The second-order valence-corrected chi connectivity index (χ2v) is 8.28. The van der Waals surface area contributed by atoms with Gasteiger partial charge in [0.25, 0.3) is 5.89 Å². The fourth-order valence-corrected chi connectivity index (χ4v) is 5.20. The number of benzene rings is 1. The summed E-state index contributed by atoms with van der Waals surface area (Å²) in [7, 11) is 0. The molecule has 1 aromatic carbocycles. The van der Waals surface area contributed by atoms with Gasteiger partial charge >= 0.3 is 0 Å². The van der Waals surface area contributed by atoms with Crippen molar-refractivity contribution in [1.82, 2.24) is 24.8 Å². The lowest BCUT2D eigenvalue weighted by atomic mass is 9.80. The van der Waals surface area contributed by atoms with Crippen molar-refractivity contribution in [3.63, 3.8) is 0 Å². The summed E-state index contributed by atoms with van der Waals surface area (Å²) < 4.78 is 7.74. The summed E-state index contributed by atoms with van der Waals surface area (Å²) in [5.74, 6) is 2.14. The van der Waals surface area contributed by atoms with Gasteiger partial charge in [0.15, 0.2) is 5.82 Å². The maximum Gasteiger partial charge on any atom is 0.257 e. The molecular formula is C22H27N5O. The maximum absolute atomic E-state index is 5.66. The Kier molecular flexibility index (Phi) is 4.31. The number of hydrogen-bond donors (Lipinski definition) is 0. The van der Waals surface area contributed by atoms with Crippen LogP contribution in [0, 0.1) is 12.8 Å². The molecule has 2 aliphatic rings. The Morgan fingerprint density at radius 3 is 2.89 bits per heavy atom. The zero-order valence-corrected chi connectivity index (χ0v) is 16.6. The SMILES string of the molecule is CCn1ncc(CN2C[C@H]3CCC[C@@]3(c3noc(-c4ccccc4)n3)C2)c1C. The quantitative estimate of drug-likeness (QED) is 0.677. The molecule has 6 heteroatoms. The third-order valence-electron chi connectivity index (χ3n) is 6.73. The smallest absolute Gasteiger partial charge is 0.257 e. The second-order valence-electron chi connectivity index (χ2n) is 8.28. The number of fused-ring (bicyclic) bond motifs is 1. The number of rotatable bonds is 5. The van der Waals surface area contributed by atoms with Crippen LogP contribution in [0.1, 0.15) is 43.3 Å². The second kappa shape index (κ2) is 6.85. The van der Waals surface area contributed by atoms with E-state index in [2.05, 4.69) is 33.7 Å². The third-order valence-corrected chi connectivity index (χ3v) is 6.73. The minimum atomic E-state index is 0.0329. The average molecular weight is 377 g/mol. The molecule has 1 saturated heterocycles. The van der Waals surface area contributed by atoms with Crippen LogP contribution in [-0.4, -0.2) is 37.9 Å². The van der Waals surface area contributed by atoms with E-state index in [1.807, 2.05) is 36.5 Å². The summed E-state index contributed by atoms with van der Waals surface area (Å²) in [4.78, 5) is 7.41. The Morgan fingerprint density at radius 2 is 2.11 bits per heavy atom. The third kappa shape index (κ3) is 2.78. The first-order valence-corrected chi connectivity index (χ1v) is 10.3. The molecule has 0 radical (unpaired) electrons. The average Bonchev–Trinajstić information content (AvgIpc) is 3.47. The van der Waals surface area contributed by atoms with Crippen molar-refractivity contribution >= 4 is 0 Å². The highest BCUT2D eigenvalue weighted by molar-refractivity contribution is 5.52. The van der Waals surface area contributed by atoms with Gasteiger partial charge in [0.1, 0.15) is 0 Å². The first-order valence-electron chi connectivity index (χ1n) is 10.3. The molecule has 6 nitrogen and oxygen atoms in total. The molecule has 1 saturated carbocycles. The van der Waals surface area contributed by atoms with Gasteiger partial charge in [0, 0.05) is 43.0 Å². The number of hydrogen-bond acceptors (Lipinski definition) is 5. The van der Waals surface area contributed by atoms with Gasteiger partial charge in [-0.25, -0.2) is 0 Å². The fraction of sp³-hybridized carbons (Fsp3) is 0.500. The molecule has 0 bridgehead atoms. The zero-order valence-electron chi connectivity index (χ0n) is 16.6. The molecule has 28 heavy (non-hydrogen) atoms. The van der Waals surface area contributed by atoms with E-state index in [0.717, 1.165) is 44.0 Å². The van der Waals surface area contributed by atoms with Crippen LogP contribution in [0.15, 0.2) is 41.1 Å². The molecular weight excluding hydrogens is 350 g/mol. The molecule has 1 aliphatic carbocycles. The van der Waals surface area contributed by atoms with E-state index in [9.17, 15) is 0 Å². The maximum atomic E-state index is 5.66. The van der Waals surface area contributed by atoms with Crippen LogP contribution in [-0.2, 0) is 18.5 Å². The molecule has 3 heterocycles. The summed E-state index contributed by atoms with van der Waals surface area (Å²) in [5, 5.41) is 8.97. The summed E-state index contributed by atoms with van der Waals surface area (Å²) in [6.45, 7) is 8.29. The van der Waals surface area contributed by atoms with Gasteiger partial charge in [0.2, 0.25) is 0 Å². The highest BCUT2D eigenvalue weighted by Gasteiger charge is 2.53. The van der Waals surface area contributed by atoms with Gasteiger partial charge < -0.3 is 4.52 Å². The summed E-state index contributed by atoms with van der Waals surface area (Å²) in [6.07, 6.45) is 5.68. The predicted octanol–water partition coefficient (Wildman–Crippen LogP) is 3.82. The molecule has 0 spiro atoms. The number of nitrogens with zero attached hydrogens (tertiary/aromatic N) is 5. The lowest BCUT2D eigenvalue weighted by Gasteiger charge is -2.25. The predicted molar refractivity (Wildman–Crippen MR) is 107 cm³/mol. The van der Waals surface area contributed by atoms with Crippen LogP contribution in [0.2, 0.25) is 0 Å². The van der Waals surface area contributed by atoms with Crippen molar-refractivity contribution in [3.05, 3.63) is 53.6 Å². The summed E-state index contributed by atoms with van der Waals surface area (Å²) >= 11 is 0. The lowest BCUT2D eigenvalue weighted by Crippen LogP contribution is -2.33. The molecule has 1 aliphatic heterocycles. The molecule has 5 rings (SSSR count). The highest BCUT2D eigenvalue weighted by Crippen LogP contribution is 2.50. The van der Waals surface area contributed by atoms with Crippen LogP contribution >= 0.6 is 0 Å². The normalized spacial score (nSPS) is 24.7. The van der Waals surface area contributed by atoms with E-state index in [1.54, 1.807) is 0 Å². The van der Waals surface area contributed by atoms with Gasteiger partial charge in [-0.1, -0.05) is 29.8 Å². The van der Waals surface area contributed by atoms with E-state index < -0.39 is 0 Å². The van der Waals surface area contributed by atoms with Gasteiger partial charge in [-0.15, -0.1) is 0 Å². The standard InChI is InChI=1S/C22H27N5O/c1-3-27-16(2)18(12-23-27)13-26-14-19-10-7-11-22(19,15-26)21-24-20(28-25-21)17-8-5-4-6-9-17/h4-6,8-9,12,19H,3,7,10-11,13-15H2,1-2H3/t19-,22-/m1/s1. The van der Waals surface area contributed by atoms with Crippen LogP contribution in [0.25, 0.3) is 11.5 Å². The highest BCUT2D eigenvalue weighted by atomic mass is 16.5. The molecule has 0 amide bonds. The first-order chi connectivity index (χ1) is 13.7. The number of likely N-dealkylation sites (tertiary alicyclic amines) is 1. The van der Waals surface area contributed by atoms with Gasteiger partial charge in [-0.3, -0.25) is 9.58 Å². The Morgan fingerprint density at radius 1 is 1.25 bits per heavy atom. The van der Waals surface area contributed by atoms with E-state index in [-0.39, 0.29) is 5.41 Å². The Bertz CT molecular complexity index is 962. The molecule has 2 atom stereocenters. The molecule has 2 aromatic heterocycles. The van der Waals surface area contributed by atoms with E-state index in [0.29, 0.717) is 11.8 Å². The van der Waals surface area contributed by atoms with Gasteiger partial charge in [-0.05, 0) is 44.7 Å². The Labute approximate surface area is 165 Å². The van der Waals surface area contributed by atoms with Crippen molar-refractivity contribution in [2.24, 2.45) is 5.92 Å². The zero-order chi connectivity index (χ0) is 19.1. The van der Waals surface area contributed by atoms with Crippen LogP contribution in [0.4, 0.5) is 0 Å². The topological polar surface area (TPSA) is 60.0 Å². The van der Waals surface area contributed by atoms with Gasteiger partial charge in [0.05, 0.1) is 11.6 Å². The fourth-order valence-electron chi connectivity index (χ4n) is 5.20. The summed E-state index contributed by atoms with van der Waals surface area (Å²) in [6, 6.07) is 10.1. The van der Waals surface area contributed by atoms with Crippen molar-refractivity contribution in [1.29, 1.82) is 0 Å². The van der Waals surface area contributed by atoms with Gasteiger partial charge in [-0.2, -0.15) is 10.1 Å². The van der Waals surface area contributed by atoms with Crippen LogP contribution in [0.5, 0.6) is 0 Å². The van der Waals surface area contributed by atoms with E-state index in [1.165, 1.54) is 24.1 Å². The summed E-state index contributed by atoms with van der Waals surface area (Å²) in [5.41, 5.74) is 3.63. The van der Waals surface area contributed by atoms with E-state index >= 15 is 0 Å². The molecule has 0 unspecified atom stereocenters. The lowest BCUT2D eigenvalue weighted by molar-refractivity contribution is 0.286. The monoisotopic (exact) mass is 377 g/mol. The van der Waals surface area contributed by atoms with Crippen LogP contribution < -0.4 is 0 Å². The molecule has 146 valence electrons. The van der Waals surface area contributed by atoms with Crippen molar-refractivity contribution in [2.75, 3.05) is 13.1 Å². The minimum absolute atomic E-state index is 0.0329. The van der Waals surface area contributed by atoms with Crippen LogP contribution in [0.3, 0.4) is 0 Å².